The van der Waals surface area contributed by atoms with Gasteiger partial charge in [-0.3, -0.25) is 0 Å². The van der Waals surface area contributed by atoms with Gasteiger partial charge >= 0.3 is 0 Å². The van der Waals surface area contributed by atoms with Crippen molar-refractivity contribution in [2.75, 3.05) is 0 Å². The van der Waals surface area contributed by atoms with E-state index in [1.165, 1.54) is 60.3 Å². The highest BCUT2D eigenvalue weighted by Crippen LogP contribution is 2.50. The van der Waals surface area contributed by atoms with Crippen molar-refractivity contribution in [2.45, 2.75) is 19.3 Å². The summed E-state index contributed by atoms with van der Waals surface area (Å²) in [5.41, 5.74) is 12.9. The van der Waals surface area contributed by atoms with E-state index in [9.17, 15) is 0 Å². The number of hydrogen-bond donors (Lipinski definition) is 0. The second kappa shape index (κ2) is 11.3. The molecule has 1 heterocycles. The van der Waals surface area contributed by atoms with E-state index in [4.69, 9.17) is 9.97 Å². The van der Waals surface area contributed by atoms with Gasteiger partial charge in [-0.2, -0.15) is 0 Å². The first-order valence-corrected chi connectivity index (χ1v) is 17.7. The molecule has 1 aliphatic rings. The van der Waals surface area contributed by atoms with Crippen LogP contribution < -0.4 is 0 Å². The molecule has 10 rings (SSSR count). The molecule has 0 N–H and O–H groups in total. The lowest BCUT2D eigenvalue weighted by Gasteiger charge is -2.21. The third-order valence-corrected chi connectivity index (χ3v) is 10.9. The smallest absolute Gasteiger partial charge is 0.161 e. The second-order valence-corrected chi connectivity index (χ2v) is 14.2. The average molecular weight is 651 g/mol. The molecule has 1 aromatic heterocycles. The maximum atomic E-state index is 5.36. The number of hydrogen-bond acceptors (Lipinski definition) is 2. The summed E-state index contributed by atoms with van der Waals surface area (Å²) >= 11 is 0. The maximum absolute atomic E-state index is 5.36. The van der Waals surface area contributed by atoms with Gasteiger partial charge in [-0.15, -0.1) is 0 Å². The molecule has 0 spiro atoms. The maximum Gasteiger partial charge on any atom is 0.161 e. The van der Waals surface area contributed by atoms with E-state index in [0.717, 1.165) is 39.3 Å². The van der Waals surface area contributed by atoms with Crippen LogP contribution in [-0.4, -0.2) is 9.97 Å². The van der Waals surface area contributed by atoms with Gasteiger partial charge in [0.15, 0.2) is 5.82 Å². The third-order valence-electron chi connectivity index (χ3n) is 10.9. The summed E-state index contributed by atoms with van der Waals surface area (Å²) in [6.07, 6.45) is 0. The predicted molar refractivity (Wildman–Crippen MR) is 214 cm³/mol. The number of aromatic nitrogens is 2. The van der Waals surface area contributed by atoms with Gasteiger partial charge in [0.05, 0.1) is 11.4 Å². The minimum absolute atomic E-state index is 0.0209. The Morgan fingerprint density at radius 3 is 1.57 bits per heavy atom. The fraction of sp³-hybridized carbons (Fsp3) is 0.0612. The van der Waals surface area contributed by atoms with Crippen LogP contribution in [0.2, 0.25) is 0 Å². The number of benzene rings is 8. The minimum atomic E-state index is -0.0209. The molecule has 2 nitrogen and oxygen atoms in total. The number of fused-ring (bicyclic) bond motifs is 6. The van der Waals surface area contributed by atoms with E-state index < -0.39 is 0 Å². The molecule has 0 saturated carbocycles. The summed E-state index contributed by atoms with van der Waals surface area (Å²) in [6, 6.07) is 61.2. The van der Waals surface area contributed by atoms with Crippen LogP contribution in [0.5, 0.6) is 0 Å². The Kier molecular flexibility index (Phi) is 6.56. The average Bonchev–Trinajstić information content (AvgIpc) is 3.42. The molecular weight excluding hydrogens is 617 g/mol. The Bertz CT molecular complexity index is 2740. The van der Waals surface area contributed by atoms with Gasteiger partial charge in [0.25, 0.3) is 0 Å². The zero-order valence-electron chi connectivity index (χ0n) is 28.6. The Hall–Kier alpha value is -6.38. The van der Waals surface area contributed by atoms with Crippen molar-refractivity contribution in [1.82, 2.24) is 9.97 Å². The van der Waals surface area contributed by atoms with Crippen LogP contribution in [0.4, 0.5) is 0 Å². The molecule has 51 heavy (non-hydrogen) atoms. The van der Waals surface area contributed by atoms with Crippen LogP contribution in [0.3, 0.4) is 0 Å². The van der Waals surface area contributed by atoms with E-state index in [2.05, 4.69) is 184 Å². The highest BCUT2D eigenvalue weighted by molar-refractivity contribution is 6.06. The lowest BCUT2D eigenvalue weighted by molar-refractivity contribution is 0.660. The molecule has 0 fully saturated rings. The summed E-state index contributed by atoms with van der Waals surface area (Å²) in [5, 5.41) is 7.06. The van der Waals surface area contributed by atoms with Crippen molar-refractivity contribution < 1.29 is 0 Å². The Labute approximate surface area is 297 Å². The lowest BCUT2D eigenvalue weighted by atomic mass is 9.82. The molecule has 0 atom stereocenters. The van der Waals surface area contributed by atoms with Crippen molar-refractivity contribution in [1.29, 1.82) is 0 Å². The summed E-state index contributed by atoms with van der Waals surface area (Å²) < 4.78 is 0. The predicted octanol–water partition coefficient (Wildman–Crippen LogP) is 12.9. The fourth-order valence-electron chi connectivity index (χ4n) is 8.37. The molecule has 0 radical (unpaired) electrons. The highest BCUT2D eigenvalue weighted by Gasteiger charge is 2.35. The Morgan fingerprint density at radius 2 is 0.843 bits per heavy atom. The number of rotatable bonds is 4. The first-order valence-electron chi connectivity index (χ1n) is 17.7. The zero-order valence-corrected chi connectivity index (χ0v) is 28.6. The van der Waals surface area contributed by atoms with Crippen LogP contribution in [0, 0.1) is 0 Å². The first kappa shape index (κ1) is 29.5. The van der Waals surface area contributed by atoms with Gasteiger partial charge in [-0.1, -0.05) is 172 Å². The van der Waals surface area contributed by atoms with Gasteiger partial charge in [-0.25, -0.2) is 9.97 Å². The number of nitrogens with zero attached hydrogens (tertiary/aromatic N) is 2. The van der Waals surface area contributed by atoms with Crippen LogP contribution in [0.25, 0.3) is 88.5 Å². The Balaban J connectivity index is 1.19. The van der Waals surface area contributed by atoms with Crippen LogP contribution >= 0.6 is 0 Å². The first-order chi connectivity index (χ1) is 25.0. The van der Waals surface area contributed by atoms with Gasteiger partial charge in [-0.05, 0) is 77.8 Å². The second-order valence-electron chi connectivity index (χ2n) is 14.2. The summed E-state index contributed by atoms with van der Waals surface area (Å²) in [7, 11) is 0. The van der Waals surface area contributed by atoms with Crippen molar-refractivity contribution >= 4 is 32.3 Å². The van der Waals surface area contributed by atoms with Crippen molar-refractivity contribution in [3.8, 4) is 56.2 Å². The molecule has 0 unspecified atom stereocenters. The standard InChI is InChI=1S/C49H34N2/c1-49(2)44-24-10-9-21-39(44)43-29-33(25-28-45(43)49)36-26-27-41(38-20-8-7-19-37(36)38)47-30-46(40-22-11-15-31-13-3-5-17-34(31)40)50-48(51-47)42-23-12-16-32-14-4-6-18-35(32)42/h3-30H,1-2H3. The van der Waals surface area contributed by atoms with Crippen LogP contribution in [-0.2, 0) is 5.41 Å². The van der Waals surface area contributed by atoms with E-state index in [-0.39, 0.29) is 5.41 Å². The molecule has 9 aromatic rings. The summed E-state index contributed by atoms with van der Waals surface area (Å²) in [6.45, 7) is 4.67. The molecular formula is C49H34N2. The van der Waals surface area contributed by atoms with E-state index in [1.807, 2.05) is 0 Å². The fourth-order valence-corrected chi connectivity index (χ4v) is 8.37. The van der Waals surface area contributed by atoms with Crippen molar-refractivity contribution in [3.05, 3.63) is 181 Å². The summed E-state index contributed by atoms with van der Waals surface area (Å²) in [4.78, 5) is 10.7. The zero-order chi connectivity index (χ0) is 34.1. The molecule has 240 valence electrons. The molecule has 2 heteroatoms. The van der Waals surface area contributed by atoms with E-state index >= 15 is 0 Å². The normalized spacial score (nSPS) is 13.1. The minimum Gasteiger partial charge on any atom is -0.228 e. The van der Waals surface area contributed by atoms with Crippen LogP contribution in [0.15, 0.2) is 170 Å². The quantitative estimate of drug-likeness (QED) is 0.189. The molecule has 8 aromatic carbocycles. The van der Waals surface area contributed by atoms with Crippen LogP contribution in [0.1, 0.15) is 25.0 Å². The van der Waals surface area contributed by atoms with Gasteiger partial charge in [0.1, 0.15) is 0 Å². The topological polar surface area (TPSA) is 25.8 Å². The molecule has 0 amide bonds. The molecule has 0 bridgehead atoms. The van der Waals surface area contributed by atoms with Crippen molar-refractivity contribution in [3.63, 3.8) is 0 Å². The molecule has 0 aliphatic heterocycles. The van der Waals surface area contributed by atoms with Gasteiger partial charge in [0, 0.05) is 22.1 Å². The van der Waals surface area contributed by atoms with Gasteiger partial charge in [0.2, 0.25) is 0 Å². The lowest BCUT2D eigenvalue weighted by Crippen LogP contribution is -2.14. The molecule has 1 aliphatic carbocycles. The highest BCUT2D eigenvalue weighted by atomic mass is 14.9. The van der Waals surface area contributed by atoms with Gasteiger partial charge < -0.3 is 0 Å². The largest absolute Gasteiger partial charge is 0.228 e. The monoisotopic (exact) mass is 650 g/mol. The van der Waals surface area contributed by atoms with E-state index in [0.29, 0.717) is 0 Å². The van der Waals surface area contributed by atoms with Crippen molar-refractivity contribution in [2.24, 2.45) is 0 Å². The third kappa shape index (κ3) is 4.64. The Morgan fingerprint density at radius 1 is 0.353 bits per heavy atom. The SMILES string of the molecule is CC1(C)c2ccccc2-c2cc(-c3ccc(-c4cc(-c5cccc6ccccc56)nc(-c5cccc6ccccc56)n4)c4ccccc34)ccc21. The van der Waals surface area contributed by atoms with E-state index in [1.54, 1.807) is 0 Å². The summed E-state index contributed by atoms with van der Waals surface area (Å²) in [5.74, 6) is 0.722. The molecule has 0 saturated heterocycles.